The molecule has 5 heteroatoms. The number of hydrogen-bond donors (Lipinski definition) is 1. The van der Waals surface area contributed by atoms with E-state index in [0.717, 1.165) is 91.0 Å². The largest absolute Gasteiger partial charge is 0.388 e. The Morgan fingerprint density at radius 3 is 1.42 bits per heavy atom. The van der Waals surface area contributed by atoms with E-state index in [9.17, 15) is 0 Å². The second-order valence-corrected chi connectivity index (χ2v) is 15.1. The van der Waals surface area contributed by atoms with E-state index in [1.807, 2.05) is 40.1 Å². The molecule has 0 unspecified atom stereocenters. The first kappa shape index (κ1) is 41.2. The minimum absolute atomic E-state index is 0.606. The number of aryl methyl sites for hydroxylation is 1. The summed E-state index contributed by atoms with van der Waals surface area (Å²) in [7, 11) is 1.95. The van der Waals surface area contributed by atoms with Crippen molar-refractivity contribution in [2.45, 2.75) is 40.5 Å². The number of hydrogen-bond acceptors (Lipinski definition) is 5. The monoisotopic (exact) mass is 805 g/mol. The zero-order chi connectivity index (χ0) is 42.8. The maximum Gasteiger partial charge on any atom is 0.164 e. The summed E-state index contributed by atoms with van der Waals surface area (Å²) in [6.45, 7) is 8.17. The average Bonchev–Trinajstić information content (AvgIpc) is 3.35. The maximum atomic E-state index is 5.22. The highest BCUT2D eigenvalue weighted by molar-refractivity contribution is 5.83. The standard InChI is InChI=1S/C55H45N5.C2H6/c1-4-51(56-3)43-24-16-41(17-25-43)48-34-49(42-18-26-44(27-19-42)52-15-8-9-32-57-52)36-50(35-48)55-59-53(45-28-20-39(21-29-45)38-12-6-5-7-13-38)58-54(60-55)46-30-22-40(23-31-46)47-14-10-11-37(2)33-47;1-2/h4-7,10-36,56H,8-9H2,1-3H3;1-2H3/b51-4-;. The summed E-state index contributed by atoms with van der Waals surface area (Å²) >= 11 is 0. The summed E-state index contributed by atoms with van der Waals surface area (Å²) in [5.74, 6) is 1.84. The lowest BCUT2D eigenvalue weighted by Crippen LogP contribution is -2.03. The van der Waals surface area contributed by atoms with Crippen LogP contribution in [0.15, 0.2) is 187 Å². The van der Waals surface area contributed by atoms with E-state index in [0.29, 0.717) is 17.5 Å². The van der Waals surface area contributed by atoms with E-state index in [-0.39, 0.29) is 0 Å². The first-order chi connectivity index (χ1) is 30.5. The van der Waals surface area contributed by atoms with Crippen molar-refractivity contribution < 1.29 is 0 Å². The topological polar surface area (TPSA) is 63.1 Å². The lowest BCUT2D eigenvalue weighted by Gasteiger charge is -2.14. The molecule has 1 aliphatic heterocycles. The zero-order valence-electron chi connectivity index (χ0n) is 36.1. The first-order valence-corrected chi connectivity index (χ1v) is 21.5. The Morgan fingerprint density at radius 1 is 0.452 bits per heavy atom. The second-order valence-electron chi connectivity index (χ2n) is 15.1. The predicted molar refractivity (Wildman–Crippen MR) is 262 cm³/mol. The van der Waals surface area contributed by atoms with Crippen LogP contribution in [0.2, 0.25) is 0 Å². The van der Waals surface area contributed by atoms with Crippen LogP contribution in [0.25, 0.3) is 90.1 Å². The van der Waals surface area contributed by atoms with Gasteiger partial charge >= 0.3 is 0 Å². The first-order valence-electron chi connectivity index (χ1n) is 21.5. The van der Waals surface area contributed by atoms with Gasteiger partial charge in [-0.25, -0.2) is 15.0 Å². The Hall–Kier alpha value is -7.50. The molecule has 0 bridgehead atoms. The van der Waals surface area contributed by atoms with Crippen molar-refractivity contribution in [3.8, 4) is 78.7 Å². The number of aromatic nitrogens is 3. The number of nitrogens with one attached hydrogen (secondary N) is 1. The van der Waals surface area contributed by atoms with Crippen molar-refractivity contribution in [3.05, 3.63) is 199 Å². The highest BCUT2D eigenvalue weighted by atomic mass is 15.0. The van der Waals surface area contributed by atoms with E-state index in [1.54, 1.807) is 0 Å². The van der Waals surface area contributed by atoms with Gasteiger partial charge in [0.15, 0.2) is 17.5 Å². The minimum atomic E-state index is 0.606. The van der Waals surface area contributed by atoms with Crippen LogP contribution in [0.3, 0.4) is 0 Å². The van der Waals surface area contributed by atoms with Crippen LogP contribution < -0.4 is 5.32 Å². The van der Waals surface area contributed by atoms with Gasteiger partial charge in [0.2, 0.25) is 0 Å². The quantitative estimate of drug-likeness (QED) is 0.150. The Kier molecular flexibility index (Phi) is 12.8. The maximum absolute atomic E-state index is 5.22. The molecular weight excluding hydrogens is 755 g/mol. The summed E-state index contributed by atoms with van der Waals surface area (Å²) in [5.41, 5.74) is 17.3. The Balaban J connectivity index is 0.00000261. The van der Waals surface area contributed by atoms with Crippen LogP contribution in [-0.2, 0) is 0 Å². The van der Waals surface area contributed by atoms with Gasteiger partial charge in [-0.1, -0.05) is 183 Å². The third-order valence-corrected chi connectivity index (χ3v) is 11.0. The van der Waals surface area contributed by atoms with Crippen molar-refractivity contribution in [2.75, 3.05) is 7.05 Å². The lowest BCUT2D eigenvalue weighted by atomic mass is 9.94. The van der Waals surface area contributed by atoms with Crippen LogP contribution in [0.1, 0.15) is 50.3 Å². The lowest BCUT2D eigenvalue weighted by molar-refractivity contribution is 1.07. The summed E-state index contributed by atoms with van der Waals surface area (Å²) in [6.07, 6.45) is 8.31. The molecule has 0 aliphatic carbocycles. The van der Waals surface area contributed by atoms with Crippen LogP contribution >= 0.6 is 0 Å². The summed E-state index contributed by atoms with van der Waals surface area (Å²) < 4.78 is 0. The third-order valence-electron chi connectivity index (χ3n) is 11.0. The van der Waals surface area contributed by atoms with Crippen molar-refractivity contribution in [3.63, 3.8) is 0 Å². The number of rotatable bonds is 10. The molecule has 0 saturated carbocycles. The van der Waals surface area contributed by atoms with Crippen LogP contribution in [0, 0.1) is 6.92 Å². The highest BCUT2D eigenvalue weighted by Crippen LogP contribution is 2.35. The molecule has 1 N–H and O–H groups in total. The average molecular weight is 806 g/mol. The minimum Gasteiger partial charge on any atom is -0.388 e. The number of allylic oxidation sites excluding steroid dienone is 2. The van der Waals surface area contributed by atoms with Gasteiger partial charge in [-0.2, -0.15) is 0 Å². The van der Waals surface area contributed by atoms with Gasteiger partial charge in [-0.15, -0.1) is 0 Å². The van der Waals surface area contributed by atoms with Gasteiger partial charge in [-0.3, -0.25) is 4.99 Å². The molecule has 62 heavy (non-hydrogen) atoms. The van der Waals surface area contributed by atoms with Gasteiger partial charge < -0.3 is 5.32 Å². The number of aliphatic imine (C=N–C) groups is 1. The second kappa shape index (κ2) is 19.3. The SMILES string of the molecule is C/C=C(\NC)c1ccc(-c2cc(-c3ccc(C4=CCCC=N4)cc3)cc(-c3nc(-c4ccc(-c5ccccc5)cc4)nc(-c4ccc(-c5cccc(C)c5)cc4)n3)c2)cc1.CC. The van der Waals surface area contributed by atoms with E-state index >= 15 is 0 Å². The van der Waals surface area contributed by atoms with Crippen molar-refractivity contribution in [1.29, 1.82) is 0 Å². The van der Waals surface area contributed by atoms with Gasteiger partial charge in [0, 0.05) is 35.6 Å². The van der Waals surface area contributed by atoms with E-state index in [4.69, 9.17) is 15.0 Å². The normalized spacial score (nSPS) is 12.3. The molecular formula is C57H51N5. The molecule has 2 heterocycles. The molecule has 7 aromatic carbocycles. The molecule has 304 valence electrons. The van der Waals surface area contributed by atoms with Crippen LogP contribution in [0.5, 0.6) is 0 Å². The van der Waals surface area contributed by atoms with Gasteiger partial charge in [0.1, 0.15) is 0 Å². The Labute approximate surface area is 366 Å². The Bertz CT molecular complexity index is 2870. The predicted octanol–water partition coefficient (Wildman–Crippen LogP) is 14.7. The van der Waals surface area contributed by atoms with Crippen molar-refractivity contribution in [1.82, 2.24) is 20.3 Å². The van der Waals surface area contributed by atoms with Gasteiger partial charge in [-0.05, 0) is 101 Å². The number of nitrogens with zero attached hydrogens (tertiary/aromatic N) is 4. The molecule has 9 rings (SSSR count). The molecule has 0 spiro atoms. The molecule has 1 aliphatic rings. The molecule has 0 amide bonds. The third kappa shape index (κ3) is 9.28. The molecule has 0 saturated heterocycles. The molecule has 0 radical (unpaired) electrons. The summed E-state index contributed by atoms with van der Waals surface area (Å²) in [4.78, 5) is 20.2. The zero-order valence-corrected chi connectivity index (χ0v) is 36.1. The highest BCUT2D eigenvalue weighted by Gasteiger charge is 2.16. The molecule has 8 aromatic rings. The van der Waals surface area contributed by atoms with Crippen molar-refractivity contribution in [2.24, 2.45) is 4.99 Å². The fourth-order valence-corrected chi connectivity index (χ4v) is 7.77. The van der Waals surface area contributed by atoms with Gasteiger partial charge in [0.25, 0.3) is 0 Å². The van der Waals surface area contributed by atoms with Crippen LogP contribution in [-0.4, -0.2) is 28.2 Å². The van der Waals surface area contributed by atoms with Crippen LogP contribution in [0.4, 0.5) is 0 Å². The van der Waals surface area contributed by atoms with Gasteiger partial charge in [0.05, 0.1) is 5.70 Å². The van der Waals surface area contributed by atoms with Crippen molar-refractivity contribution >= 4 is 17.6 Å². The molecule has 5 nitrogen and oxygen atoms in total. The molecule has 1 aromatic heterocycles. The van der Waals surface area contributed by atoms with E-state index in [2.05, 4.69) is 193 Å². The fourth-order valence-electron chi connectivity index (χ4n) is 7.77. The number of benzene rings is 7. The summed E-state index contributed by atoms with van der Waals surface area (Å²) in [5, 5.41) is 3.30. The molecule has 0 fully saturated rings. The summed E-state index contributed by atoms with van der Waals surface area (Å²) in [6, 6.07) is 60.1. The fraction of sp³-hybridized carbons (Fsp3) is 0.123. The smallest absolute Gasteiger partial charge is 0.164 e. The van der Waals surface area contributed by atoms with E-state index < -0.39 is 0 Å². The Morgan fingerprint density at radius 2 is 0.903 bits per heavy atom. The van der Waals surface area contributed by atoms with E-state index in [1.165, 1.54) is 11.1 Å². The molecule has 0 atom stereocenters.